The van der Waals surface area contributed by atoms with Gasteiger partial charge < -0.3 is 10.3 Å². The predicted octanol–water partition coefficient (Wildman–Crippen LogP) is 2.39. The molecule has 20 heavy (non-hydrogen) atoms. The van der Waals surface area contributed by atoms with Crippen LogP contribution in [0.5, 0.6) is 0 Å². The number of nitrogens with zero attached hydrogens (tertiary/aromatic N) is 3. The zero-order valence-corrected chi connectivity index (χ0v) is 14.0. The Morgan fingerprint density at radius 2 is 2.05 bits per heavy atom. The summed E-state index contributed by atoms with van der Waals surface area (Å²) in [5, 5.41) is 1.05. The summed E-state index contributed by atoms with van der Waals surface area (Å²) in [5.41, 5.74) is 3.92. The van der Waals surface area contributed by atoms with Crippen LogP contribution in [0.2, 0.25) is 0 Å². The fourth-order valence-electron chi connectivity index (χ4n) is 1.87. The van der Waals surface area contributed by atoms with Gasteiger partial charge in [0.15, 0.2) is 5.82 Å². The highest BCUT2D eigenvalue weighted by atomic mass is 32.2. The first-order valence-electron chi connectivity index (χ1n) is 6.48. The summed E-state index contributed by atoms with van der Waals surface area (Å²) in [4.78, 5) is 13.7. The summed E-state index contributed by atoms with van der Waals surface area (Å²) in [6.45, 7) is 5.25. The molecule has 0 atom stereocenters. The number of rotatable bonds is 6. The number of nitrogens with one attached hydrogen (secondary N) is 1. The SMILES string of the molecule is Cc1sc2nc(CSCCN(C)C)nc(NN)c2c1C. The number of anilines is 1. The number of hydrazine groups is 1. The van der Waals surface area contributed by atoms with Crippen LogP contribution in [-0.4, -0.2) is 41.3 Å². The van der Waals surface area contributed by atoms with Crippen LogP contribution in [0.4, 0.5) is 5.82 Å². The van der Waals surface area contributed by atoms with Crippen molar-refractivity contribution in [3.8, 4) is 0 Å². The Bertz CT molecular complexity index is 594. The van der Waals surface area contributed by atoms with E-state index < -0.39 is 0 Å². The molecule has 0 bridgehead atoms. The predicted molar refractivity (Wildman–Crippen MR) is 89.4 cm³/mol. The first-order chi connectivity index (χ1) is 9.52. The maximum absolute atomic E-state index is 5.61. The van der Waals surface area contributed by atoms with Gasteiger partial charge in [0.1, 0.15) is 10.7 Å². The van der Waals surface area contributed by atoms with E-state index in [0.717, 1.165) is 39.9 Å². The van der Waals surface area contributed by atoms with E-state index in [2.05, 4.69) is 48.2 Å². The lowest BCUT2D eigenvalue weighted by molar-refractivity contribution is 0.437. The first-order valence-corrected chi connectivity index (χ1v) is 8.45. The highest BCUT2D eigenvalue weighted by Crippen LogP contribution is 2.33. The number of thiophene rings is 1. The van der Waals surface area contributed by atoms with E-state index in [0.29, 0.717) is 0 Å². The van der Waals surface area contributed by atoms with Crippen LogP contribution in [-0.2, 0) is 5.75 Å². The molecule has 0 unspecified atom stereocenters. The lowest BCUT2D eigenvalue weighted by atomic mass is 10.2. The zero-order valence-electron chi connectivity index (χ0n) is 12.4. The molecule has 2 rings (SSSR count). The number of hydrogen-bond donors (Lipinski definition) is 2. The molecule has 0 aromatic carbocycles. The lowest BCUT2D eigenvalue weighted by Crippen LogP contribution is -2.15. The van der Waals surface area contributed by atoms with Crippen molar-refractivity contribution < 1.29 is 0 Å². The molecule has 0 spiro atoms. The van der Waals surface area contributed by atoms with Crippen molar-refractivity contribution in [2.45, 2.75) is 19.6 Å². The van der Waals surface area contributed by atoms with Crippen molar-refractivity contribution in [1.82, 2.24) is 14.9 Å². The summed E-state index contributed by atoms with van der Waals surface area (Å²) < 4.78 is 0. The van der Waals surface area contributed by atoms with Crippen LogP contribution in [0.3, 0.4) is 0 Å². The van der Waals surface area contributed by atoms with E-state index in [1.54, 1.807) is 11.3 Å². The summed E-state index contributed by atoms with van der Waals surface area (Å²) in [7, 11) is 4.16. The van der Waals surface area contributed by atoms with Crippen LogP contribution in [0.25, 0.3) is 10.2 Å². The van der Waals surface area contributed by atoms with Crippen LogP contribution in [0.1, 0.15) is 16.3 Å². The number of aromatic nitrogens is 2. The minimum absolute atomic E-state index is 0.736. The first kappa shape index (κ1) is 15.5. The van der Waals surface area contributed by atoms with Crippen molar-refractivity contribution in [2.24, 2.45) is 5.84 Å². The Kier molecular flexibility index (Phi) is 5.20. The van der Waals surface area contributed by atoms with Gasteiger partial charge in [0.2, 0.25) is 0 Å². The van der Waals surface area contributed by atoms with Crippen LogP contribution < -0.4 is 11.3 Å². The fraction of sp³-hybridized carbons (Fsp3) is 0.538. The third-order valence-corrected chi connectivity index (χ3v) is 5.16. The number of aryl methyl sites for hydroxylation is 2. The normalized spacial score (nSPS) is 11.5. The summed E-state index contributed by atoms with van der Waals surface area (Å²) in [6.07, 6.45) is 0. The van der Waals surface area contributed by atoms with Gasteiger partial charge >= 0.3 is 0 Å². The van der Waals surface area contributed by atoms with E-state index in [1.165, 1.54) is 10.4 Å². The summed E-state index contributed by atoms with van der Waals surface area (Å²) in [6, 6.07) is 0. The Morgan fingerprint density at radius 1 is 1.30 bits per heavy atom. The molecule has 0 aliphatic carbocycles. The van der Waals surface area contributed by atoms with Gasteiger partial charge in [-0.25, -0.2) is 15.8 Å². The molecule has 2 heterocycles. The van der Waals surface area contributed by atoms with Crippen molar-refractivity contribution in [1.29, 1.82) is 0 Å². The highest BCUT2D eigenvalue weighted by Gasteiger charge is 2.13. The molecule has 0 amide bonds. The molecule has 110 valence electrons. The molecular weight excluding hydrogens is 290 g/mol. The van der Waals surface area contributed by atoms with Crippen molar-refractivity contribution in [3.05, 3.63) is 16.3 Å². The van der Waals surface area contributed by atoms with Gasteiger partial charge in [0.25, 0.3) is 0 Å². The van der Waals surface area contributed by atoms with E-state index >= 15 is 0 Å². The van der Waals surface area contributed by atoms with E-state index in [1.807, 2.05) is 11.8 Å². The minimum Gasteiger partial charge on any atom is -0.309 e. The fourth-order valence-corrected chi connectivity index (χ4v) is 3.87. The van der Waals surface area contributed by atoms with Gasteiger partial charge in [-0.05, 0) is 33.5 Å². The van der Waals surface area contributed by atoms with Crippen LogP contribution >= 0.6 is 23.1 Å². The van der Waals surface area contributed by atoms with Crippen molar-refractivity contribution in [2.75, 3.05) is 31.8 Å². The number of thioether (sulfide) groups is 1. The Morgan fingerprint density at radius 3 is 2.70 bits per heavy atom. The summed E-state index contributed by atoms with van der Waals surface area (Å²) in [5.74, 6) is 9.07. The molecule has 0 radical (unpaired) electrons. The van der Waals surface area contributed by atoms with Gasteiger partial charge in [-0.15, -0.1) is 11.3 Å². The maximum atomic E-state index is 5.61. The van der Waals surface area contributed by atoms with Gasteiger partial charge in [0.05, 0.1) is 11.1 Å². The monoisotopic (exact) mass is 311 g/mol. The molecule has 0 saturated heterocycles. The summed E-state index contributed by atoms with van der Waals surface area (Å²) >= 11 is 3.55. The standard InChI is InChI=1S/C13H21N5S2/c1-8-9(2)20-13-11(8)12(17-14)15-10(16-13)7-19-6-5-18(3)4/h5-7,14H2,1-4H3,(H,15,16,17). The second-order valence-corrected chi connectivity index (χ2v) is 7.26. The number of nitrogens with two attached hydrogens (primary N) is 1. The van der Waals surface area contributed by atoms with Gasteiger partial charge in [0, 0.05) is 17.2 Å². The molecule has 5 nitrogen and oxygen atoms in total. The number of hydrogen-bond acceptors (Lipinski definition) is 7. The van der Waals surface area contributed by atoms with Gasteiger partial charge in [-0.2, -0.15) is 11.8 Å². The molecule has 3 N–H and O–H groups in total. The van der Waals surface area contributed by atoms with Gasteiger partial charge in [-0.1, -0.05) is 0 Å². The number of fused-ring (bicyclic) bond motifs is 1. The molecule has 0 fully saturated rings. The van der Waals surface area contributed by atoms with Gasteiger partial charge in [-0.3, -0.25) is 0 Å². The van der Waals surface area contributed by atoms with E-state index in [4.69, 9.17) is 5.84 Å². The minimum atomic E-state index is 0.736. The van der Waals surface area contributed by atoms with Crippen molar-refractivity contribution in [3.63, 3.8) is 0 Å². The Labute approximate surface area is 127 Å². The molecule has 0 aliphatic rings. The zero-order chi connectivity index (χ0) is 14.7. The molecule has 2 aromatic rings. The second kappa shape index (κ2) is 6.71. The average Bonchev–Trinajstić information content (AvgIpc) is 2.69. The number of nitrogen functional groups attached to an aromatic ring is 1. The Hall–Kier alpha value is -0.890. The van der Waals surface area contributed by atoms with Crippen LogP contribution in [0, 0.1) is 13.8 Å². The maximum Gasteiger partial charge on any atom is 0.152 e. The molecule has 0 aliphatic heterocycles. The molecule has 2 aromatic heterocycles. The topological polar surface area (TPSA) is 67.1 Å². The quantitative estimate of drug-likeness (QED) is 0.485. The van der Waals surface area contributed by atoms with E-state index in [9.17, 15) is 0 Å². The largest absolute Gasteiger partial charge is 0.309 e. The van der Waals surface area contributed by atoms with E-state index in [-0.39, 0.29) is 0 Å². The third-order valence-electron chi connectivity index (χ3n) is 3.13. The smallest absolute Gasteiger partial charge is 0.152 e. The van der Waals surface area contributed by atoms with Crippen LogP contribution in [0.15, 0.2) is 0 Å². The average molecular weight is 311 g/mol. The Balaban J connectivity index is 2.19. The lowest BCUT2D eigenvalue weighted by Gasteiger charge is -2.09. The second-order valence-electron chi connectivity index (χ2n) is 4.95. The molecule has 0 saturated carbocycles. The highest BCUT2D eigenvalue weighted by molar-refractivity contribution is 7.98. The molecule has 7 heteroatoms. The van der Waals surface area contributed by atoms with Crippen molar-refractivity contribution >= 4 is 39.1 Å². The third kappa shape index (κ3) is 3.41. The molecular formula is C13H21N5S2.